The number of hydrogen-bond donors (Lipinski definition) is 3. The molecular weight excluding hydrogens is 368 g/mol. The van der Waals surface area contributed by atoms with Crippen molar-refractivity contribution in [2.45, 2.75) is 17.9 Å². The molecule has 1 saturated heterocycles. The lowest BCUT2D eigenvalue weighted by Crippen LogP contribution is -2.72. The molecule has 0 aromatic heterocycles. The summed E-state index contributed by atoms with van der Waals surface area (Å²) in [6, 6.07) is 8.53. The first-order chi connectivity index (χ1) is 12.6. The van der Waals surface area contributed by atoms with Crippen molar-refractivity contribution in [1.29, 1.82) is 0 Å². The topological polar surface area (TPSA) is 78.4 Å². The van der Waals surface area contributed by atoms with Crippen LogP contribution in [0.5, 0.6) is 0 Å². The fourth-order valence-electron chi connectivity index (χ4n) is 3.07. The average molecular weight is 382 g/mol. The van der Waals surface area contributed by atoms with Gasteiger partial charge in [0.1, 0.15) is 11.7 Å². The average Bonchev–Trinajstić information content (AvgIpc) is 2.61. The van der Waals surface area contributed by atoms with E-state index in [0.717, 1.165) is 24.3 Å². The first-order valence-electron chi connectivity index (χ1n) is 7.86. The molecule has 2 aromatic rings. The molecule has 0 saturated carbocycles. The monoisotopic (exact) mass is 382 g/mol. The van der Waals surface area contributed by atoms with Crippen LogP contribution in [0, 0.1) is 11.7 Å². The third-order valence-electron chi connectivity index (χ3n) is 4.38. The van der Waals surface area contributed by atoms with Crippen molar-refractivity contribution in [3.63, 3.8) is 0 Å². The number of carbonyl (C=O) groups is 2. The Hall–Kier alpha value is -2.94. The Bertz CT molecular complexity index is 855. The summed E-state index contributed by atoms with van der Waals surface area (Å²) < 4.78 is 54.2. The van der Waals surface area contributed by atoms with Crippen LogP contribution in [-0.2, 0) is 0 Å². The van der Waals surface area contributed by atoms with Gasteiger partial charge in [0.2, 0.25) is 5.72 Å². The smallest absolute Gasteiger partial charge is 0.363 e. The second-order valence-electron chi connectivity index (χ2n) is 6.10. The van der Waals surface area contributed by atoms with Gasteiger partial charge in [0, 0.05) is 5.56 Å². The van der Waals surface area contributed by atoms with Crippen molar-refractivity contribution >= 4 is 11.8 Å². The Morgan fingerprint density at radius 1 is 1.04 bits per heavy atom. The third kappa shape index (κ3) is 3.37. The van der Waals surface area contributed by atoms with Crippen LogP contribution in [-0.4, -0.2) is 28.8 Å². The maximum atomic E-state index is 13.7. The summed E-state index contributed by atoms with van der Waals surface area (Å²) in [6.45, 7) is 0. The van der Waals surface area contributed by atoms with Crippen LogP contribution < -0.4 is 10.6 Å². The van der Waals surface area contributed by atoms with Gasteiger partial charge in [-0.15, -0.1) is 0 Å². The van der Waals surface area contributed by atoms with Gasteiger partial charge in [-0.3, -0.25) is 4.79 Å². The van der Waals surface area contributed by atoms with Crippen molar-refractivity contribution in [2.75, 3.05) is 0 Å². The number of aliphatic hydroxyl groups is 1. The van der Waals surface area contributed by atoms with Gasteiger partial charge in [0.05, 0.1) is 6.04 Å². The summed E-state index contributed by atoms with van der Waals surface area (Å²) in [5.41, 5.74) is -3.83. The molecule has 5 nitrogen and oxygen atoms in total. The van der Waals surface area contributed by atoms with Gasteiger partial charge in [-0.2, -0.15) is 13.2 Å². The van der Waals surface area contributed by atoms with Crippen LogP contribution >= 0.6 is 0 Å². The third-order valence-corrected chi connectivity index (χ3v) is 4.38. The zero-order chi connectivity index (χ0) is 19.8. The number of benzene rings is 2. The Kier molecular flexibility index (Phi) is 4.64. The number of ketones is 1. The number of halogens is 4. The SMILES string of the molecule is O=C1N[C@H](c2ccc(F)cc2)[C@@H](C(=O)c2ccccc2)[C@](O)(C(F)(F)F)N1. The van der Waals surface area contributed by atoms with Crippen molar-refractivity contribution in [1.82, 2.24) is 10.6 Å². The number of Topliss-reactive ketones (excluding diaryl/α,β-unsaturated/α-hetero) is 1. The minimum atomic E-state index is -5.34. The Labute approximate surface area is 151 Å². The van der Waals surface area contributed by atoms with Crippen LogP contribution in [0.3, 0.4) is 0 Å². The lowest BCUT2D eigenvalue weighted by atomic mass is 9.77. The van der Waals surface area contributed by atoms with E-state index in [1.165, 1.54) is 29.6 Å². The van der Waals surface area contributed by atoms with Crippen LogP contribution in [0.25, 0.3) is 0 Å². The molecule has 1 aliphatic rings. The first-order valence-corrected chi connectivity index (χ1v) is 7.86. The molecule has 0 bridgehead atoms. The summed E-state index contributed by atoms with van der Waals surface area (Å²) in [4.78, 5) is 24.7. The quantitative estimate of drug-likeness (QED) is 0.564. The Morgan fingerprint density at radius 3 is 2.19 bits per heavy atom. The van der Waals surface area contributed by atoms with E-state index in [1.807, 2.05) is 0 Å². The van der Waals surface area contributed by atoms with E-state index in [1.54, 1.807) is 6.07 Å². The maximum absolute atomic E-state index is 13.7. The lowest BCUT2D eigenvalue weighted by Gasteiger charge is -2.45. The van der Waals surface area contributed by atoms with Crippen LogP contribution in [0.1, 0.15) is 22.0 Å². The second kappa shape index (κ2) is 6.66. The number of urea groups is 1. The summed E-state index contributed by atoms with van der Waals surface area (Å²) in [5, 5.41) is 14.0. The number of rotatable bonds is 3. The molecule has 2 aromatic carbocycles. The molecule has 1 aliphatic heterocycles. The molecule has 1 heterocycles. The van der Waals surface area contributed by atoms with Crippen molar-refractivity contribution in [3.8, 4) is 0 Å². The summed E-state index contributed by atoms with van der Waals surface area (Å²) in [6.07, 6.45) is -5.34. The minimum Gasteiger partial charge on any atom is -0.363 e. The highest BCUT2D eigenvalue weighted by Gasteiger charge is 2.66. The lowest BCUT2D eigenvalue weighted by molar-refractivity contribution is -0.287. The highest BCUT2D eigenvalue weighted by atomic mass is 19.4. The number of hydrogen-bond acceptors (Lipinski definition) is 3. The Balaban J connectivity index is 2.15. The van der Waals surface area contributed by atoms with E-state index in [-0.39, 0.29) is 11.1 Å². The fraction of sp³-hybridized carbons (Fsp3) is 0.222. The number of nitrogens with one attached hydrogen (secondary N) is 2. The normalized spacial score (nSPS) is 25.4. The molecule has 0 aliphatic carbocycles. The molecule has 0 spiro atoms. The van der Waals surface area contributed by atoms with Gasteiger partial charge in [0.25, 0.3) is 0 Å². The van der Waals surface area contributed by atoms with E-state index in [9.17, 15) is 32.3 Å². The van der Waals surface area contributed by atoms with Crippen molar-refractivity contribution < 1.29 is 32.3 Å². The van der Waals surface area contributed by atoms with E-state index >= 15 is 0 Å². The fourth-order valence-corrected chi connectivity index (χ4v) is 3.07. The Morgan fingerprint density at radius 2 is 1.63 bits per heavy atom. The molecule has 3 rings (SSSR count). The van der Waals surface area contributed by atoms with E-state index < -0.39 is 41.5 Å². The highest BCUT2D eigenvalue weighted by molar-refractivity contribution is 6.00. The number of amides is 2. The van der Waals surface area contributed by atoms with E-state index in [0.29, 0.717) is 0 Å². The summed E-state index contributed by atoms with van der Waals surface area (Å²) >= 11 is 0. The molecule has 0 radical (unpaired) electrons. The van der Waals surface area contributed by atoms with Gasteiger partial charge in [-0.05, 0) is 17.7 Å². The summed E-state index contributed by atoms with van der Waals surface area (Å²) in [7, 11) is 0. The number of carbonyl (C=O) groups excluding carboxylic acids is 2. The predicted octanol–water partition coefficient (Wildman–Crippen LogP) is 2.93. The molecule has 1 fully saturated rings. The van der Waals surface area contributed by atoms with Crippen molar-refractivity contribution in [3.05, 3.63) is 71.5 Å². The van der Waals surface area contributed by atoms with E-state index in [4.69, 9.17) is 0 Å². The molecule has 27 heavy (non-hydrogen) atoms. The first kappa shape index (κ1) is 18.8. The maximum Gasteiger partial charge on any atom is 0.437 e. The largest absolute Gasteiger partial charge is 0.437 e. The molecule has 0 unspecified atom stereocenters. The van der Waals surface area contributed by atoms with Crippen LogP contribution in [0.15, 0.2) is 54.6 Å². The van der Waals surface area contributed by atoms with Gasteiger partial charge < -0.3 is 15.7 Å². The molecule has 3 atom stereocenters. The molecular formula is C18H14F4N2O3. The van der Waals surface area contributed by atoms with Crippen LogP contribution in [0.4, 0.5) is 22.4 Å². The standard InChI is InChI=1S/C18H14F4N2O3/c19-12-8-6-10(7-9-12)14-13(15(25)11-4-2-1-3-5-11)17(27,18(20,21)22)24-16(26)23-14/h1-9,13-14,27H,(H2,23,24,26)/t13-,14+,17-/m0/s1. The predicted molar refractivity (Wildman–Crippen MR) is 86.1 cm³/mol. The minimum absolute atomic E-state index is 0.0446. The zero-order valence-electron chi connectivity index (χ0n) is 13.6. The molecule has 9 heteroatoms. The van der Waals surface area contributed by atoms with Gasteiger partial charge in [-0.25, -0.2) is 9.18 Å². The molecule has 2 amide bonds. The van der Waals surface area contributed by atoms with E-state index in [2.05, 4.69) is 5.32 Å². The van der Waals surface area contributed by atoms with Crippen molar-refractivity contribution in [2.24, 2.45) is 5.92 Å². The number of alkyl halides is 3. The van der Waals surface area contributed by atoms with Gasteiger partial charge in [0.15, 0.2) is 5.78 Å². The highest BCUT2D eigenvalue weighted by Crippen LogP contribution is 2.43. The van der Waals surface area contributed by atoms with Gasteiger partial charge in [-0.1, -0.05) is 42.5 Å². The molecule has 3 N–H and O–H groups in total. The van der Waals surface area contributed by atoms with Crippen LogP contribution in [0.2, 0.25) is 0 Å². The summed E-state index contributed by atoms with van der Waals surface area (Å²) in [5.74, 6) is -3.81. The van der Waals surface area contributed by atoms with Gasteiger partial charge >= 0.3 is 12.2 Å². The second-order valence-corrected chi connectivity index (χ2v) is 6.10. The zero-order valence-corrected chi connectivity index (χ0v) is 13.6. The molecule has 142 valence electrons.